The lowest BCUT2D eigenvalue weighted by molar-refractivity contribution is 1.50. The highest BCUT2D eigenvalue weighted by atomic mass is 32.2. The van der Waals surface area contributed by atoms with Crippen LogP contribution in [0.5, 0.6) is 0 Å². The van der Waals surface area contributed by atoms with Crippen LogP contribution in [0.4, 0.5) is 0 Å². The Morgan fingerprint density at radius 3 is 1.80 bits per heavy atom. The van der Waals surface area contributed by atoms with Crippen LogP contribution in [0.2, 0.25) is 0 Å². The number of hydrogen-bond donors (Lipinski definition) is 0. The van der Waals surface area contributed by atoms with Crippen LogP contribution in [-0.4, -0.2) is 12.0 Å². The van der Waals surface area contributed by atoms with E-state index in [1.807, 2.05) is 34.0 Å². The molecule has 0 aliphatic heterocycles. The maximum absolute atomic E-state index is 4.06. The zero-order valence-electron chi connectivity index (χ0n) is 7.56. The number of hydrogen-bond acceptors (Lipinski definition) is 2. The largest absolute Gasteiger partial charge is 0.222 e. The Morgan fingerprint density at radius 2 is 1.70 bits per heavy atom. The van der Waals surface area contributed by atoms with E-state index in [9.17, 15) is 0 Å². The van der Waals surface area contributed by atoms with Crippen LogP contribution in [0, 0.1) is 0 Å². The molecular weight excluding hydrogens is 142 g/mol. The first-order chi connectivity index (χ1) is 4.68. The third kappa shape index (κ3) is 7.76. The first-order valence-corrected chi connectivity index (χ1v) is 4.60. The summed E-state index contributed by atoms with van der Waals surface area (Å²) < 4.78 is 4.06. The normalized spacial score (nSPS) is 9.90. The average Bonchev–Trinajstić information content (AvgIpc) is 1.93. The highest BCUT2D eigenvalue weighted by Gasteiger charge is 1.86. The molecule has 0 amide bonds. The predicted octanol–water partition coefficient (Wildman–Crippen LogP) is 3.33. The fraction of sp³-hybridized carbons (Fsp3) is 0.625. The van der Waals surface area contributed by atoms with Crippen molar-refractivity contribution in [1.29, 1.82) is 0 Å². The zero-order valence-corrected chi connectivity index (χ0v) is 8.38. The van der Waals surface area contributed by atoms with Crippen molar-refractivity contribution in [3.05, 3.63) is 12.2 Å². The van der Waals surface area contributed by atoms with E-state index in [4.69, 9.17) is 0 Å². The van der Waals surface area contributed by atoms with Crippen LogP contribution in [-0.2, 0) is 0 Å². The molecule has 2 heteroatoms. The van der Waals surface area contributed by atoms with Crippen molar-refractivity contribution in [3.63, 3.8) is 0 Å². The van der Waals surface area contributed by atoms with E-state index in [1.165, 1.54) is 11.9 Å². The number of nitrogens with zero attached hydrogens (tertiary/aromatic N) is 1. The van der Waals surface area contributed by atoms with Crippen LogP contribution in [0.3, 0.4) is 0 Å². The van der Waals surface area contributed by atoms with Gasteiger partial charge in [0.1, 0.15) is 0 Å². The molecule has 0 aromatic heterocycles. The standard InChI is InChI=1S/C6H11NS.C2H6/c1-5(2)6(3)7-8-4;1-2/h1H2,2-4H3;1-2H3/b7-6-;. The summed E-state index contributed by atoms with van der Waals surface area (Å²) in [4.78, 5) is 0. The summed E-state index contributed by atoms with van der Waals surface area (Å²) in [5.74, 6) is 0. The van der Waals surface area contributed by atoms with Gasteiger partial charge in [0.05, 0.1) is 0 Å². The molecule has 0 radical (unpaired) electrons. The third-order valence-electron chi connectivity index (χ3n) is 0.846. The van der Waals surface area contributed by atoms with Gasteiger partial charge in [-0.25, -0.2) is 4.40 Å². The van der Waals surface area contributed by atoms with Crippen molar-refractivity contribution in [1.82, 2.24) is 0 Å². The first kappa shape index (κ1) is 12.4. The molecular formula is C8H17NS. The lowest BCUT2D eigenvalue weighted by Gasteiger charge is -1.92. The molecule has 1 nitrogen and oxygen atoms in total. The lowest BCUT2D eigenvalue weighted by Crippen LogP contribution is -1.87. The molecule has 0 N–H and O–H groups in total. The Hall–Kier alpha value is -0.240. The van der Waals surface area contributed by atoms with Crippen LogP contribution in [0.15, 0.2) is 16.5 Å². The second kappa shape index (κ2) is 8.76. The SMILES string of the molecule is C=C(C)/C(C)=N\SC.CC. The minimum atomic E-state index is 1.03. The Kier molecular flexibility index (Phi) is 10.9. The van der Waals surface area contributed by atoms with Crippen LogP contribution in [0.1, 0.15) is 27.7 Å². The van der Waals surface area contributed by atoms with E-state index in [1.54, 1.807) is 0 Å². The molecule has 10 heavy (non-hydrogen) atoms. The third-order valence-corrected chi connectivity index (χ3v) is 1.30. The summed E-state index contributed by atoms with van der Waals surface area (Å²) in [5, 5.41) is 0. The molecule has 0 aliphatic carbocycles. The summed E-state index contributed by atoms with van der Waals surface area (Å²) >= 11 is 1.47. The van der Waals surface area contributed by atoms with Gasteiger partial charge in [0, 0.05) is 12.0 Å². The smallest absolute Gasteiger partial charge is 0.0479 e. The minimum absolute atomic E-state index is 1.03. The van der Waals surface area contributed by atoms with Gasteiger partial charge in [-0.3, -0.25) is 0 Å². The second-order valence-electron chi connectivity index (χ2n) is 1.64. The van der Waals surface area contributed by atoms with Crippen molar-refractivity contribution >= 4 is 17.7 Å². The van der Waals surface area contributed by atoms with Gasteiger partial charge >= 0.3 is 0 Å². The number of allylic oxidation sites excluding steroid dienone is 1. The van der Waals surface area contributed by atoms with Crippen LogP contribution >= 0.6 is 11.9 Å². The van der Waals surface area contributed by atoms with Gasteiger partial charge < -0.3 is 0 Å². The maximum Gasteiger partial charge on any atom is 0.0479 e. The van der Waals surface area contributed by atoms with Crippen molar-refractivity contribution in [2.75, 3.05) is 6.26 Å². The molecule has 0 unspecified atom stereocenters. The zero-order chi connectivity index (χ0) is 8.57. The lowest BCUT2D eigenvalue weighted by atomic mass is 10.2. The fourth-order valence-corrected chi connectivity index (χ4v) is 0.645. The van der Waals surface area contributed by atoms with E-state index in [-0.39, 0.29) is 0 Å². The van der Waals surface area contributed by atoms with Gasteiger partial charge in [-0.1, -0.05) is 20.4 Å². The second-order valence-corrected chi connectivity index (χ2v) is 2.19. The molecule has 0 aromatic rings. The molecule has 0 aliphatic rings. The quantitative estimate of drug-likeness (QED) is 0.444. The summed E-state index contributed by atoms with van der Waals surface area (Å²) in [6.45, 7) is 11.6. The van der Waals surface area contributed by atoms with E-state index < -0.39 is 0 Å². The van der Waals surface area contributed by atoms with Crippen molar-refractivity contribution in [2.45, 2.75) is 27.7 Å². The predicted molar refractivity (Wildman–Crippen MR) is 52.8 cm³/mol. The Bertz CT molecular complexity index is 116. The highest BCUT2D eigenvalue weighted by molar-refractivity contribution is 7.97. The fourth-order valence-electron chi connectivity index (χ4n) is 0.215. The molecule has 0 rings (SSSR count). The molecule has 0 fully saturated rings. The van der Waals surface area contributed by atoms with Crippen molar-refractivity contribution < 1.29 is 0 Å². The number of rotatable bonds is 2. The molecule has 0 heterocycles. The van der Waals surface area contributed by atoms with Gasteiger partial charge in [-0.05, 0) is 31.4 Å². The first-order valence-electron chi connectivity index (χ1n) is 3.42. The minimum Gasteiger partial charge on any atom is -0.222 e. The summed E-state index contributed by atoms with van der Waals surface area (Å²) in [6, 6.07) is 0. The highest BCUT2D eigenvalue weighted by Crippen LogP contribution is 1.99. The Balaban J connectivity index is 0. The Labute approximate surface area is 68.8 Å². The summed E-state index contributed by atoms with van der Waals surface area (Å²) in [5.41, 5.74) is 2.07. The van der Waals surface area contributed by atoms with Gasteiger partial charge in [0.2, 0.25) is 0 Å². The van der Waals surface area contributed by atoms with E-state index in [2.05, 4.69) is 11.0 Å². The molecule has 0 atom stereocenters. The molecule has 0 aromatic carbocycles. The molecule has 0 saturated heterocycles. The molecule has 0 bridgehead atoms. The van der Waals surface area contributed by atoms with Crippen LogP contribution < -0.4 is 0 Å². The van der Waals surface area contributed by atoms with Crippen molar-refractivity contribution in [2.24, 2.45) is 4.40 Å². The van der Waals surface area contributed by atoms with Crippen LogP contribution in [0.25, 0.3) is 0 Å². The monoisotopic (exact) mass is 159 g/mol. The van der Waals surface area contributed by atoms with Gasteiger partial charge in [0.15, 0.2) is 0 Å². The van der Waals surface area contributed by atoms with E-state index >= 15 is 0 Å². The maximum atomic E-state index is 4.06. The molecule has 0 saturated carbocycles. The van der Waals surface area contributed by atoms with E-state index in [0.717, 1.165) is 11.3 Å². The van der Waals surface area contributed by atoms with E-state index in [0.29, 0.717) is 0 Å². The summed E-state index contributed by atoms with van der Waals surface area (Å²) in [7, 11) is 0. The van der Waals surface area contributed by atoms with Gasteiger partial charge in [-0.15, -0.1) is 0 Å². The van der Waals surface area contributed by atoms with Gasteiger partial charge in [-0.2, -0.15) is 0 Å². The summed E-state index contributed by atoms with van der Waals surface area (Å²) in [6.07, 6.45) is 1.94. The average molecular weight is 159 g/mol. The molecule has 0 spiro atoms. The van der Waals surface area contributed by atoms with Crippen molar-refractivity contribution in [3.8, 4) is 0 Å². The Morgan fingerprint density at radius 1 is 1.30 bits per heavy atom. The molecule has 60 valence electrons. The van der Waals surface area contributed by atoms with Gasteiger partial charge in [0.25, 0.3) is 0 Å². The topological polar surface area (TPSA) is 12.4 Å².